The van der Waals surface area contributed by atoms with Gasteiger partial charge in [0, 0.05) is 5.92 Å². The van der Waals surface area contributed by atoms with E-state index in [0.717, 1.165) is 12.8 Å². The van der Waals surface area contributed by atoms with Gasteiger partial charge in [-0.1, -0.05) is 25.8 Å². The minimum atomic E-state index is -0.611. The van der Waals surface area contributed by atoms with Crippen LogP contribution in [0.4, 0.5) is 0 Å². The van der Waals surface area contributed by atoms with E-state index in [1.54, 1.807) is 6.08 Å². The fourth-order valence-corrected chi connectivity index (χ4v) is 2.09. The van der Waals surface area contributed by atoms with Crippen molar-refractivity contribution in [1.82, 2.24) is 0 Å². The summed E-state index contributed by atoms with van der Waals surface area (Å²) in [6.07, 6.45) is 7.41. The molecule has 1 aliphatic rings. The van der Waals surface area contributed by atoms with Gasteiger partial charge in [-0.3, -0.25) is 0 Å². The zero-order valence-electron chi connectivity index (χ0n) is 8.12. The smallest absolute Gasteiger partial charge is 0.395 e. The van der Waals surface area contributed by atoms with Crippen molar-refractivity contribution in [1.29, 1.82) is 0 Å². The van der Waals surface area contributed by atoms with Crippen LogP contribution < -0.4 is 5.82 Å². The van der Waals surface area contributed by atoms with Crippen molar-refractivity contribution in [2.75, 3.05) is 0 Å². The van der Waals surface area contributed by atoms with Crippen LogP contribution in [0.25, 0.3) is 6.08 Å². The summed E-state index contributed by atoms with van der Waals surface area (Å²) in [5.41, 5.74) is 0. The van der Waals surface area contributed by atoms with E-state index < -0.39 is 5.82 Å². The van der Waals surface area contributed by atoms with E-state index >= 15 is 0 Å². The summed E-state index contributed by atoms with van der Waals surface area (Å²) in [6.45, 7) is 3.61. The molecule has 0 aromatic carbocycles. The lowest BCUT2D eigenvalue weighted by Crippen LogP contribution is -2.04. The van der Waals surface area contributed by atoms with Crippen LogP contribution in [0.1, 0.15) is 49.5 Å². The molecule has 0 saturated heterocycles. The Kier molecular flexibility index (Phi) is 2.57. The number of hydrogen-bond acceptors (Lipinski definition) is 3. The van der Waals surface area contributed by atoms with Gasteiger partial charge >= 0.3 is 5.82 Å². The Labute approximate surface area is 82.4 Å². The van der Waals surface area contributed by atoms with Crippen LogP contribution in [-0.4, -0.2) is 0 Å². The van der Waals surface area contributed by atoms with Gasteiger partial charge in [-0.15, -0.1) is 0 Å². The highest BCUT2D eigenvalue weighted by Gasteiger charge is 2.23. The predicted octanol–water partition coefficient (Wildman–Crippen LogP) is 2.92. The molecule has 3 heteroatoms. The van der Waals surface area contributed by atoms with E-state index in [4.69, 9.17) is 8.83 Å². The Bertz CT molecular complexity index is 366. The van der Waals surface area contributed by atoms with Gasteiger partial charge in [0.15, 0.2) is 11.5 Å². The van der Waals surface area contributed by atoms with Crippen molar-refractivity contribution in [3.63, 3.8) is 0 Å². The zero-order valence-corrected chi connectivity index (χ0v) is 8.12. The molecule has 1 heterocycles. The highest BCUT2D eigenvalue weighted by Crippen LogP contribution is 2.34. The average Bonchev–Trinajstić information content (AvgIpc) is 2.61. The molecule has 14 heavy (non-hydrogen) atoms. The predicted molar refractivity (Wildman–Crippen MR) is 53.2 cm³/mol. The van der Waals surface area contributed by atoms with Crippen LogP contribution in [0.15, 0.2) is 20.2 Å². The summed E-state index contributed by atoms with van der Waals surface area (Å²) < 4.78 is 9.93. The third-order valence-electron chi connectivity index (χ3n) is 2.79. The maximum absolute atomic E-state index is 10.9. The molecule has 0 amide bonds. The van der Waals surface area contributed by atoms with E-state index in [-0.39, 0.29) is 0 Å². The van der Waals surface area contributed by atoms with E-state index in [2.05, 4.69) is 6.58 Å². The highest BCUT2D eigenvalue weighted by atomic mass is 16.6. The second-order valence-corrected chi connectivity index (χ2v) is 3.72. The lowest BCUT2D eigenvalue weighted by molar-refractivity contribution is 0.337. The van der Waals surface area contributed by atoms with Gasteiger partial charge in [-0.2, -0.15) is 0 Å². The number of rotatable bonds is 2. The van der Waals surface area contributed by atoms with Crippen molar-refractivity contribution >= 4 is 6.08 Å². The first-order valence-corrected chi connectivity index (χ1v) is 5.07. The minimum Gasteiger partial charge on any atom is -0.395 e. The highest BCUT2D eigenvalue weighted by molar-refractivity contribution is 5.42. The molecule has 1 aliphatic carbocycles. The minimum absolute atomic E-state index is 0.350. The van der Waals surface area contributed by atoms with Crippen LogP contribution in [0, 0.1) is 0 Å². The van der Waals surface area contributed by atoms with E-state index in [1.807, 2.05) is 0 Å². The molecule has 0 aliphatic heterocycles. The molecule has 0 N–H and O–H groups in total. The topological polar surface area (TPSA) is 43.4 Å². The summed E-state index contributed by atoms with van der Waals surface area (Å²) in [4.78, 5) is 10.9. The standard InChI is InChI=1S/C11H14O3/c1-2-9-10(14-11(12)13-9)8-6-4-3-5-7-8/h2,8H,1,3-7H2. The quantitative estimate of drug-likeness (QED) is 0.727. The molecule has 0 radical (unpaired) electrons. The SMILES string of the molecule is C=Cc1oc(=O)oc1C1CCCCC1. The number of hydrogen-bond donors (Lipinski definition) is 0. The molecule has 1 aromatic heterocycles. The van der Waals surface area contributed by atoms with Crippen LogP contribution in [0.3, 0.4) is 0 Å². The van der Waals surface area contributed by atoms with Crippen molar-refractivity contribution in [2.45, 2.75) is 38.0 Å². The van der Waals surface area contributed by atoms with Gasteiger partial charge in [0.1, 0.15) is 0 Å². The second kappa shape index (κ2) is 3.86. The fourth-order valence-electron chi connectivity index (χ4n) is 2.09. The Morgan fingerprint density at radius 3 is 2.57 bits per heavy atom. The summed E-state index contributed by atoms with van der Waals surface area (Å²) >= 11 is 0. The molecule has 3 nitrogen and oxygen atoms in total. The fraction of sp³-hybridized carbons (Fsp3) is 0.545. The van der Waals surface area contributed by atoms with Gasteiger partial charge in [0.25, 0.3) is 0 Å². The molecule has 0 bridgehead atoms. The Morgan fingerprint density at radius 2 is 1.93 bits per heavy atom. The van der Waals surface area contributed by atoms with Gasteiger partial charge in [-0.25, -0.2) is 4.79 Å². The van der Waals surface area contributed by atoms with Crippen LogP contribution in [-0.2, 0) is 0 Å². The van der Waals surface area contributed by atoms with Crippen LogP contribution in [0.2, 0.25) is 0 Å². The molecule has 1 aromatic rings. The normalized spacial score (nSPS) is 18.3. The first kappa shape index (κ1) is 9.31. The lowest BCUT2D eigenvalue weighted by Gasteiger charge is -2.18. The molecule has 0 spiro atoms. The molecule has 76 valence electrons. The van der Waals surface area contributed by atoms with E-state index in [0.29, 0.717) is 17.4 Å². The van der Waals surface area contributed by atoms with E-state index in [9.17, 15) is 4.79 Å². The first-order valence-electron chi connectivity index (χ1n) is 5.07. The Hall–Kier alpha value is -1.25. The molecule has 2 rings (SSSR count). The third kappa shape index (κ3) is 1.67. The largest absolute Gasteiger partial charge is 0.519 e. The molecule has 0 unspecified atom stereocenters. The van der Waals surface area contributed by atoms with Gasteiger partial charge in [0.05, 0.1) is 0 Å². The van der Waals surface area contributed by atoms with Crippen LogP contribution >= 0.6 is 0 Å². The summed E-state index contributed by atoms with van der Waals surface area (Å²) in [7, 11) is 0. The Morgan fingerprint density at radius 1 is 1.21 bits per heavy atom. The molecule has 1 fully saturated rings. The van der Waals surface area contributed by atoms with Crippen molar-refractivity contribution in [3.8, 4) is 0 Å². The van der Waals surface area contributed by atoms with Gasteiger partial charge in [0.2, 0.25) is 0 Å². The summed E-state index contributed by atoms with van der Waals surface area (Å²) in [6, 6.07) is 0. The van der Waals surface area contributed by atoms with Gasteiger partial charge in [-0.05, 0) is 18.9 Å². The van der Waals surface area contributed by atoms with Crippen LogP contribution in [0.5, 0.6) is 0 Å². The Balaban J connectivity index is 2.28. The average molecular weight is 194 g/mol. The monoisotopic (exact) mass is 194 g/mol. The zero-order chi connectivity index (χ0) is 9.97. The summed E-state index contributed by atoms with van der Waals surface area (Å²) in [5.74, 6) is 0.954. The van der Waals surface area contributed by atoms with Gasteiger partial charge < -0.3 is 8.83 Å². The maximum atomic E-state index is 10.9. The van der Waals surface area contributed by atoms with E-state index in [1.165, 1.54) is 19.3 Å². The molecule has 1 saturated carbocycles. The van der Waals surface area contributed by atoms with Crippen molar-refractivity contribution < 1.29 is 8.83 Å². The second-order valence-electron chi connectivity index (χ2n) is 3.72. The lowest BCUT2D eigenvalue weighted by atomic mass is 9.87. The molecular formula is C11H14O3. The first-order chi connectivity index (χ1) is 6.81. The summed E-state index contributed by atoms with van der Waals surface area (Å²) in [5, 5.41) is 0. The van der Waals surface area contributed by atoms with Crippen molar-refractivity contribution in [3.05, 3.63) is 28.7 Å². The van der Waals surface area contributed by atoms with Crippen molar-refractivity contribution in [2.24, 2.45) is 0 Å². The third-order valence-corrected chi connectivity index (χ3v) is 2.79. The maximum Gasteiger partial charge on any atom is 0.519 e. The molecule has 0 atom stereocenters. The molecular weight excluding hydrogens is 180 g/mol.